The molecule has 0 saturated carbocycles. The number of rotatable bonds is 20. The van der Waals surface area contributed by atoms with Gasteiger partial charge in [-0.15, -0.1) is 0 Å². The summed E-state index contributed by atoms with van der Waals surface area (Å²) in [6, 6.07) is 0. The van der Waals surface area contributed by atoms with Crippen molar-refractivity contribution in [2.75, 3.05) is 26.2 Å². The van der Waals surface area contributed by atoms with Crippen molar-refractivity contribution in [1.82, 2.24) is 0 Å². The van der Waals surface area contributed by atoms with Crippen molar-refractivity contribution >= 4 is 0 Å². The molecule has 0 bridgehead atoms. The molecule has 0 spiro atoms. The summed E-state index contributed by atoms with van der Waals surface area (Å²) < 4.78 is 1.46. The molecular weight excluding hydrogens is 302 g/mol. The highest BCUT2D eigenvalue weighted by molar-refractivity contribution is 4.53. The summed E-state index contributed by atoms with van der Waals surface area (Å²) in [6.45, 7) is 15.2. The maximum Gasteiger partial charge on any atom is 0.0786 e. The predicted molar refractivity (Wildman–Crippen MR) is 116 cm³/mol. The van der Waals surface area contributed by atoms with Crippen LogP contribution in [0.2, 0.25) is 0 Å². The molecule has 0 N–H and O–H groups in total. The number of nitrogens with zero attached hydrogens (tertiary/aromatic N) is 1. The van der Waals surface area contributed by atoms with Gasteiger partial charge in [0.15, 0.2) is 0 Å². The molecule has 1 nitrogen and oxygen atoms in total. The van der Waals surface area contributed by atoms with E-state index in [1.54, 1.807) is 0 Å². The molecular formula is C24H52N+. The molecule has 0 aliphatic rings. The molecule has 0 fully saturated rings. The summed E-state index contributed by atoms with van der Waals surface area (Å²) >= 11 is 0. The molecule has 0 aliphatic heterocycles. The van der Waals surface area contributed by atoms with Gasteiger partial charge in [0.2, 0.25) is 0 Å². The third-order valence-corrected chi connectivity index (χ3v) is 5.94. The Morgan fingerprint density at radius 3 is 0.880 bits per heavy atom. The maximum absolute atomic E-state index is 2.35. The summed E-state index contributed by atoms with van der Waals surface area (Å²) in [6.07, 6.45) is 22.9. The standard InChI is InChI=1S/C24H52N/c1-5-9-13-15-19-23-25(21-17-11-7-3,22-18-12-8-4)24-20-16-14-10-6-2/h5-24H2,1-4H3/q+1. The average Bonchev–Trinajstić information content (AvgIpc) is 2.62. The molecule has 25 heavy (non-hydrogen) atoms. The lowest BCUT2D eigenvalue weighted by molar-refractivity contribution is -0.929. The van der Waals surface area contributed by atoms with Gasteiger partial charge < -0.3 is 4.48 Å². The van der Waals surface area contributed by atoms with Gasteiger partial charge in [-0.1, -0.05) is 79.1 Å². The second-order valence-corrected chi connectivity index (χ2v) is 8.48. The Bertz CT molecular complexity index is 222. The summed E-state index contributed by atoms with van der Waals surface area (Å²) in [5.74, 6) is 0. The SMILES string of the molecule is CCCCCCC[N+](CCCCC)(CCCCC)CCCCCCC. The van der Waals surface area contributed by atoms with Gasteiger partial charge in [0.05, 0.1) is 26.2 Å². The fourth-order valence-corrected chi connectivity index (χ4v) is 4.17. The molecule has 0 rings (SSSR count). The van der Waals surface area contributed by atoms with E-state index in [0.29, 0.717) is 0 Å². The normalized spacial score (nSPS) is 12.0. The van der Waals surface area contributed by atoms with Gasteiger partial charge in [0, 0.05) is 0 Å². The first kappa shape index (κ1) is 25.0. The maximum atomic E-state index is 2.35. The molecule has 0 aromatic heterocycles. The Morgan fingerprint density at radius 2 is 0.560 bits per heavy atom. The molecule has 0 aromatic carbocycles. The fourth-order valence-electron chi connectivity index (χ4n) is 4.17. The average molecular weight is 355 g/mol. The predicted octanol–water partition coefficient (Wildman–Crippen LogP) is 8.12. The van der Waals surface area contributed by atoms with Crippen LogP contribution in [0.5, 0.6) is 0 Å². The van der Waals surface area contributed by atoms with E-state index in [1.807, 2.05) is 0 Å². The molecule has 0 radical (unpaired) electrons. The minimum atomic E-state index is 1.36. The van der Waals surface area contributed by atoms with Crippen LogP contribution in [0.1, 0.15) is 130 Å². The zero-order valence-corrected chi connectivity index (χ0v) is 18.6. The zero-order chi connectivity index (χ0) is 18.6. The first-order valence-electron chi connectivity index (χ1n) is 12.1. The van der Waals surface area contributed by atoms with Gasteiger partial charge in [-0.05, 0) is 51.4 Å². The van der Waals surface area contributed by atoms with Crippen LogP contribution in [0.25, 0.3) is 0 Å². The van der Waals surface area contributed by atoms with E-state index >= 15 is 0 Å². The third kappa shape index (κ3) is 14.8. The number of hydrogen-bond acceptors (Lipinski definition) is 0. The minimum absolute atomic E-state index is 1.36. The van der Waals surface area contributed by atoms with E-state index in [1.165, 1.54) is 133 Å². The Balaban J connectivity index is 4.55. The van der Waals surface area contributed by atoms with Crippen molar-refractivity contribution in [2.24, 2.45) is 0 Å². The van der Waals surface area contributed by atoms with E-state index in [9.17, 15) is 0 Å². The second-order valence-electron chi connectivity index (χ2n) is 8.48. The van der Waals surface area contributed by atoms with Gasteiger partial charge in [0.25, 0.3) is 0 Å². The lowest BCUT2D eigenvalue weighted by atomic mass is 10.1. The Hall–Kier alpha value is -0.0400. The van der Waals surface area contributed by atoms with Crippen LogP contribution in [0, 0.1) is 0 Å². The van der Waals surface area contributed by atoms with Crippen molar-refractivity contribution in [1.29, 1.82) is 0 Å². The summed E-state index contributed by atoms with van der Waals surface area (Å²) in [4.78, 5) is 0. The quantitative estimate of drug-likeness (QED) is 0.153. The molecule has 0 aromatic rings. The van der Waals surface area contributed by atoms with Gasteiger partial charge >= 0.3 is 0 Å². The van der Waals surface area contributed by atoms with E-state index < -0.39 is 0 Å². The van der Waals surface area contributed by atoms with Crippen LogP contribution in [-0.4, -0.2) is 30.7 Å². The highest BCUT2D eigenvalue weighted by Gasteiger charge is 2.25. The lowest BCUT2D eigenvalue weighted by Crippen LogP contribution is -2.50. The van der Waals surface area contributed by atoms with E-state index in [4.69, 9.17) is 0 Å². The molecule has 0 aliphatic carbocycles. The monoisotopic (exact) mass is 354 g/mol. The largest absolute Gasteiger partial charge is 0.324 e. The van der Waals surface area contributed by atoms with Gasteiger partial charge in [-0.3, -0.25) is 0 Å². The molecule has 152 valence electrons. The number of quaternary nitrogens is 1. The highest BCUT2D eigenvalue weighted by atomic mass is 15.3. The van der Waals surface area contributed by atoms with Crippen LogP contribution < -0.4 is 0 Å². The minimum Gasteiger partial charge on any atom is -0.324 e. The van der Waals surface area contributed by atoms with E-state index in [0.717, 1.165) is 0 Å². The summed E-state index contributed by atoms with van der Waals surface area (Å²) in [5, 5.41) is 0. The Morgan fingerprint density at radius 1 is 0.320 bits per heavy atom. The first-order chi connectivity index (χ1) is 12.2. The van der Waals surface area contributed by atoms with Gasteiger partial charge in [-0.2, -0.15) is 0 Å². The molecule has 0 unspecified atom stereocenters. The smallest absolute Gasteiger partial charge is 0.0786 e. The highest BCUT2D eigenvalue weighted by Crippen LogP contribution is 2.19. The van der Waals surface area contributed by atoms with Crippen molar-refractivity contribution in [3.05, 3.63) is 0 Å². The van der Waals surface area contributed by atoms with Crippen molar-refractivity contribution in [3.8, 4) is 0 Å². The first-order valence-corrected chi connectivity index (χ1v) is 12.1. The third-order valence-electron chi connectivity index (χ3n) is 5.94. The van der Waals surface area contributed by atoms with E-state index in [2.05, 4.69) is 27.7 Å². The fraction of sp³-hybridized carbons (Fsp3) is 1.00. The van der Waals surface area contributed by atoms with Gasteiger partial charge in [-0.25, -0.2) is 0 Å². The summed E-state index contributed by atoms with van der Waals surface area (Å²) in [7, 11) is 0. The van der Waals surface area contributed by atoms with Crippen LogP contribution in [0.4, 0.5) is 0 Å². The molecule has 0 saturated heterocycles. The van der Waals surface area contributed by atoms with Crippen LogP contribution in [0.3, 0.4) is 0 Å². The number of unbranched alkanes of at least 4 members (excludes halogenated alkanes) is 12. The van der Waals surface area contributed by atoms with Crippen LogP contribution in [-0.2, 0) is 0 Å². The van der Waals surface area contributed by atoms with E-state index in [-0.39, 0.29) is 0 Å². The lowest BCUT2D eigenvalue weighted by Gasteiger charge is -2.39. The van der Waals surface area contributed by atoms with Gasteiger partial charge in [0.1, 0.15) is 0 Å². The molecule has 0 amide bonds. The zero-order valence-electron chi connectivity index (χ0n) is 18.6. The van der Waals surface area contributed by atoms with Crippen LogP contribution in [0.15, 0.2) is 0 Å². The molecule has 1 heteroatoms. The Labute approximate surface area is 161 Å². The van der Waals surface area contributed by atoms with Crippen molar-refractivity contribution < 1.29 is 4.48 Å². The second kappa shape index (κ2) is 18.7. The Kier molecular flexibility index (Phi) is 18.7. The van der Waals surface area contributed by atoms with Crippen molar-refractivity contribution in [3.63, 3.8) is 0 Å². The summed E-state index contributed by atoms with van der Waals surface area (Å²) in [5.41, 5.74) is 0. The topological polar surface area (TPSA) is 0 Å². The number of hydrogen-bond donors (Lipinski definition) is 0. The molecule has 0 atom stereocenters. The van der Waals surface area contributed by atoms with Crippen molar-refractivity contribution in [2.45, 2.75) is 130 Å². The molecule has 0 heterocycles. The van der Waals surface area contributed by atoms with Crippen LogP contribution >= 0.6 is 0 Å².